The summed E-state index contributed by atoms with van der Waals surface area (Å²) >= 11 is 0. The molecule has 1 unspecified atom stereocenters. The van der Waals surface area contributed by atoms with Crippen LogP contribution in [0.5, 0.6) is 0 Å². The number of nitrogens with zero attached hydrogens (tertiary/aromatic N) is 1. The highest BCUT2D eigenvalue weighted by Crippen LogP contribution is 2.31. The summed E-state index contributed by atoms with van der Waals surface area (Å²) in [6, 6.07) is 9.73. The van der Waals surface area contributed by atoms with Crippen LogP contribution in [-0.4, -0.2) is 10.9 Å². The second-order valence-corrected chi connectivity index (χ2v) is 5.96. The molecule has 0 aliphatic heterocycles. The fourth-order valence-electron chi connectivity index (χ4n) is 3.15. The highest BCUT2D eigenvalue weighted by Gasteiger charge is 2.23. The van der Waals surface area contributed by atoms with Crippen LogP contribution >= 0.6 is 0 Å². The molecule has 22 heavy (non-hydrogen) atoms. The van der Waals surface area contributed by atoms with Crippen molar-refractivity contribution in [1.82, 2.24) is 10.3 Å². The Balaban J connectivity index is 1.84. The Hall–Kier alpha value is -2.36. The highest BCUT2D eigenvalue weighted by atomic mass is 16.1. The Morgan fingerprint density at radius 3 is 2.86 bits per heavy atom. The minimum absolute atomic E-state index is 0.0533. The van der Waals surface area contributed by atoms with Crippen molar-refractivity contribution in [2.24, 2.45) is 0 Å². The van der Waals surface area contributed by atoms with Crippen molar-refractivity contribution >= 4 is 11.6 Å². The fraction of sp³-hybridized carbons (Fsp3) is 0.333. The van der Waals surface area contributed by atoms with Crippen LogP contribution in [0.1, 0.15) is 51.8 Å². The number of nitrogens with two attached hydrogens (primary N) is 1. The van der Waals surface area contributed by atoms with Gasteiger partial charge in [0.15, 0.2) is 0 Å². The molecule has 4 nitrogen and oxygen atoms in total. The molecule has 0 radical (unpaired) electrons. The van der Waals surface area contributed by atoms with Crippen LogP contribution in [0, 0.1) is 13.8 Å². The van der Waals surface area contributed by atoms with Crippen LogP contribution < -0.4 is 11.1 Å². The zero-order valence-electron chi connectivity index (χ0n) is 13.0. The third-order valence-electron chi connectivity index (χ3n) is 4.26. The summed E-state index contributed by atoms with van der Waals surface area (Å²) in [6.45, 7) is 3.80. The normalized spacial score (nSPS) is 16.9. The number of hydrogen-bond donors (Lipinski definition) is 2. The van der Waals surface area contributed by atoms with Gasteiger partial charge in [-0.2, -0.15) is 0 Å². The van der Waals surface area contributed by atoms with E-state index in [0.29, 0.717) is 5.56 Å². The van der Waals surface area contributed by atoms with Crippen molar-refractivity contribution < 1.29 is 4.79 Å². The molecule has 1 aliphatic carbocycles. The van der Waals surface area contributed by atoms with Crippen molar-refractivity contribution in [2.45, 2.75) is 39.2 Å². The van der Waals surface area contributed by atoms with Gasteiger partial charge in [0.05, 0.1) is 17.3 Å². The van der Waals surface area contributed by atoms with Gasteiger partial charge in [0.25, 0.3) is 5.91 Å². The average Bonchev–Trinajstić information content (AvgIpc) is 2.47. The number of fused-ring (bicyclic) bond motifs is 1. The summed E-state index contributed by atoms with van der Waals surface area (Å²) in [7, 11) is 0. The minimum Gasteiger partial charge on any atom is -0.399 e. The number of amides is 1. The van der Waals surface area contributed by atoms with E-state index < -0.39 is 0 Å². The van der Waals surface area contributed by atoms with Crippen LogP contribution in [0.3, 0.4) is 0 Å². The van der Waals surface area contributed by atoms with Crippen molar-refractivity contribution in [3.63, 3.8) is 0 Å². The van der Waals surface area contributed by atoms with E-state index in [9.17, 15) is 4.79 Å². The van der Waals surface area contributed by atoms with Gasteiger partial charge in [-0.1, -0.05) is 6.07 Å². The molecule has 1 heterocycles. The van der Waals surface area contributed by atoms with Crippen molar-refractivity contribution in [3.05, 3.63) is 58.4 Å². The first-order chi connectivity index (χ1) is 10.5. The maximum Gasteiger partial charge on any atom is 0.253 e. The molecular weight excluding hydrogens is 274 g/mol. The van der Waals surface area contributed by atoms with E-state index in [1.54, 1.807) is 0 Å². The quantitative estimate of drug-likeness (QED) is 0.837. The number of pyridine rings is 1. The van der Waals surface area contributed by atoms with Gasteiger partial charge < -0.3 is 11.1 Å². The predicted octanol–water partition coefficient (Wildman–Crippen LogP) is 3.09. The lowest BCUT2D eigenvalue weighted by molar-refractivity contribution is 0.0931. The Bertz CT molecular complexity index is 724. The molecule has 1 aliphatic rings. The third-order valence-corrected chi connectivity index (χ3v) is 4.26. The van der Waals surface area contributed by atoms with Gasteiger partial charge in [0.2, 0.25) is 0 Å². The molecule has 1 amide bonds. The van der Waals surface area contributed by atoms with Crippen LogP contribution in [0.2, 0.25) is 0 Å². The maximum absolute atomic E-state index is 12.5. The second kappa shape index (κ2) is 5.79. The topological polar surface area (TPSA) is 68.0 Å². The lowest BCUT2D eigenvalue weighted by atomic mass is 9.87. The molecule has 0 fully saturated rings. The number of anilines is 1. The van der Waals surface area contributed by atoms with E-state index in [0.717, 1.165) is 36.3 Å². The van der Waals surface area contributed by atoms with Gasteiger partial charge in [-0.3, -0.25) is 9.78 Å². The molecule has 0 spiro atoms. The molecule has 0 saturated carbocycles. The first-order valence-electron chi connectivity index (χ1n) is 7.68. The SMILES string of the molecule is Cc1ccc(C(=O)NC2CCCc3cc(N)ccc32)c(C)n1. The van der Waals surface area contributed by atoms with Crippen LogP contribution in [0.4, 0.5) is 5.69 Å². The molecule has 114 valence electrons. The molecule has 1 aromatic heterocycles. The summed E-state index contributed by atoms with van der Waals surface area (Å²) in [5, 5.41) is 3.15. The number of carbonyl (C=O) groups excluding carboxylic acids is 1. The number of nitrogens with one attached hydrogen (secondary N) is 1. The first kappa shape index (κ1) is 14.6. The number of aromatic nitrogens is 1. The summed E-state index contributed by atoms with van der Waals surface area (Å²) in [5.74, 6) is -0.0559. The van der Waals surface area contributed by atoms with Gasteiger partial charge in [0.1, 0.15) is 0 Å². The smallest absolute Gasteiger partial charge is 0.253 e. The van der Waals surface area contributed by atoms with Gasteiger partial charge in [-0.05, 0) is 68.5 Å². The van der Waals surface area contributed by atoms with Gasteiger partial charge in [-0.15, -0.1) is 0 Å². The number of nitrogen functional groups attached to an aromatic ring is 1. The molecule has 3 rings (SSSR count). The number of carbonyl (C=O) groups is 1. The Kier molecular flexibility index (Phi) is 3.84. The van der Waals surface area contributed by atoms with Crippen molar-refractivity contribution in [1.29, 1.82) is 0 Å². The molecule has 1 atom stereocenters. The summed E-state index contributed by atoms with van der Waals surface area (Å²) in [5.41, 5.74) is 11.4. The van der Waals surface area contributed by atoms with Gasteiger partial charge in [0, 0.05) is 11.4 Å². The highest BCUT2D eigenvalue weighted by molar-refractivity contribution is 5.95. The number of aryl methyl sites for hydroxylation is 3. The van der Waals surface area contributed by atoms with Gasteiger partial charge >= 0.3 is 0 Å². The molecule has 4 heteroatoms. The largest absolute Gasteiger partial charge is 0.399 e. The second-order valence-electron chi connectivity index (χ2n) is 5.96. The van der Waals surface area contributed by atoms with Crippen molar-refractivity contribution in [2.75, 3.05) is 5.73 Å². The van der Waals surface area contributed by atoms with Crippen LogP contribution in [0.25, 0.3) is 0 Å². The number of hydrogen-bond acceptors (Lipinski definition) is 3. The van der Waals surface area contributed by atoms with Gasteiger partial charge in [-0.25, -0.2) is 0 Å². The zero-order valence-corrected chi connectivity index (χ0v) is 13.0. The average molecular weight is 295 g/mol. The number of benzene rings is 1. The lowest BCUT2D eigenvalue weighted by Gasteiger charge is -2.27. The van der Waals surface area contributed by atoms with E-state index in [4.69, 9.17) is 5.73 Å². The van der Waals surface area contributed by atoms with E-state index >= 15 is 0 Å². The predicted molar refractivity (Wildman–Crippen MR) is 87.7 cm³/mol. The van der Waals surface area contributed by atoms with E-state index in [-0.39, 0.29) is 11.9 Å². The zero-order chi connectivity index (χ0) is 15.7. The molecule has 3 N–H and O–H groups in total. The number of rotatable bonds is 2. The third kappa shape index (κ3) is 2.82. The standard InChI is InChI=1S/C18H21N3O/c1-11-6-8-15(12(2)20-11)18(22)21-17-5-3-4-13-10-14(19)7-9-16(13)17/h6-10,17H,3-5,19H2,1-2H3,(H,21,22). The van der Waals surface area contributed by atoms with E-state index in [2.05, 4.69) is 10.3 Å². The van der Waals surface area contributed by atoms with Crippen molar-refractivity contribution in [3.8, 4) is 0 Å². The summed E-state index contributed by atoms with van der Waals surface area (Å²) < 4.78 is 0. The summed E-state index contributed by atoms with van der Waals surface area (Å²) in [4.78, 5) is 16.9. The Morgan fingerprint density at radius 2 is 2.09 bits per heavy atom. The first-order valence-corrected chi connectivity index (χ1v) is 7.68. The fourth-order valence-corrected chi connectivity index (χ4v) is 3.15. The molecule has 2 aromatic rings. The molecule has 1 aromatic carbocycles. The molecule has 0 saturated heterocycles. The monoisotopic (exact) mass is 295 g/mol. The maximum atomic E-state index is 12.5. The Morgan fingerprint density at radius 1 is 1.27 bits per heavy atom. The van der Waals surface area contributed by atoms with Crippen LogP contribution in [-0.2, 0) is 6.42 Å². The summed E-state index contributed by atoms with van der Waals surface area (Å²) in [6.07, 6.45) is 3.05. The minimum atomic E-state index is -0.0559. The lowest BCUT2D eigenvalue weighted by Crippen LogP contribution is -2.31. The van der Waals surface area contributed by atoms with Crippen LogP contribution in [0.15, 0.2) is 30.3 Å². The van der Waals surface area contributed by atoms with E-state index in [1.807, 2.05) is 44.2 Å². The molecule has 0 bridgehead atoms. The van der Waals surface area contributed by atoms with E-state index in [1.165, 1.54) is 11.1 Å². The molecular formula is C18H21N3O. The Labute approximate surface area is 130 Å².